The number of halogens is 2. The average molecular weight is 459 g/mol. The second-order valence-electron chi connectivity index (χ2n) is 6.70. The Labute approximate surface area is 180 Å². The van der Waals surface area contributed by atoms with E-state index in [4.69, 9.17) is 0 Å². The third-order valence-corrected chi connectivity index (χ3v) is 6.72. The summed E-state index contributed by atoms with van der Waals surface area (Å²) in [6, 6.07) is 13.9. The Morgan fingerprint density at radius 3 is 2.45 bits per heavy atom. The smallest absolute Gasteiger partial charge is 0.264 e. The van der Waals surface area contributed by atoms with Gasteiger partial charge in [-0.25, -0.2) is 22.2 Å². The van der Waals surface area contributed by atoms with Gasteiger partial charge in [-0.1, -0.05) is 29.0 Å². The molecule has 0 spiro atoms. The molecular weight excluding hydrogens is 444 g/mol. The minimum absolute atomic E-state index is 0.151. The van der Waals surface area contributed by atoms with Crippen molar-refractivity contribution >= 4 is 48.3 Å². The van der Waals surface area contributed by atoms with E-state index in [2.05, 4.69) is 15.0 Å². The molecule has 4 rings (SSSR count). The Hall–Kier alpha value is -3.37. The van der Waals surface area contributed by atoms with Crippen molar-refractivity contribution in [2.75, 3.05) is 10.0 Å². The van der Waals surface area contributed by atoms with Gasteiger partial charge in [0.2, 0.25) is 0 Å². The number of nitrogens with one attached hydrogen (secondary N) is 2. The molecule has 1 aromatic heterocycles. The van der Waals surface area contributed by atoms with Gasteiger partial charge in [-0.3, -0.25) is 14.8 Å². The normalized spacial score (nSPS) is 11.5. The zero-order chi connectivity index (χ0) is 22.2. The van der Waals surface area contributed by atoms with Crippen LogP contribution < -0.4 is 10.0 Å². The SMILES string of the molecule is Cc1ccc(C(=O)Nc2nc3cc(NS(=O)(=O)c4ccc(F)cc4F)ccc3s2)cc1. The number of sulfonamides is 1. The summed E-state index contributed by atoms with van der Waals surface area (Å²) >= 11 is 1.23. The Balaban J connectivity index is 1.56. The second kappa shape index (κ2) is 8.05. The van der Waals surface area contributed by atoms with Crippen LogP contribution in [0.1, 0.15) is 15.9 Å². The first kappa shape index (κ1) is 20.9. The Kier molecular flexibility index (Phi) is 5.42. The molecule has 4 aromatic rings. The lowest BCUT2D eigenvalue weighted by molar-refractivity contribution is 0.102. The van der Waals surface area contributed by atoms with Gasteiger partial charge in [0.25, 0.3) is 15.9 Å². The molecule has 0 saturated carbocycles. The predicted octanol–water partition coefficient (Wildman–Crippen LogP) is 4.94. The number of thiazole rings is 1. The van der Waals surface area contributed by atoms with Crippen molar-refractivity contribution < 1.29 is 22.0 Å². The number of benzene rings is 3. The standard InChI is InChI=1S/C21H15F2N3O3S2/c1-12-2-4-13(5-3-12)20(27)25-21-24-17-11-15(7-8-18(17)30-21)26-31(28,29)19-9-6-14(22)10-16(19)23/h2-11,26H,1H3,(H,24,25,27). The summed E-state index contributed by atoms with van der Waals surface area (Å²) < 4.78 is 54.8. The van der Waals surface area contributed by atoms with Crippen LogP contribution in [0.3, 0.4) is 0 Å². The molecule has 10 heteroatoms. The number of carbonyl (C=O) groups is 1. The number of aryl methyl sites for hydroxylation is 1. The lowest BCUT2D eigenvalue weighted by atomic mass is 10.1. The molecule has 1 heterocycles. The number of amides is 1. The van der Waals surface area contributed by atoms with Crippen LogP contribution in [-0.4, -0.2) is 19.3 Å². The van der Waals surface area contributed by atoms with Gasteiger partial charge in [0.05, 0.1) is 15.9 Å². The van der Waals surface area contributed by atoms with E-state index in [0.717, 1.165) is 22.4 Å². The van der Waals surface area contributed by atoms with Gasteiger partial charge in [-0.05, 0) is 49.4 Å². The zero-order valence-electron chi connectivity index (χ0n) is 16.0. The predicted molar refractivity (Wildman–Crippen MR) is 116 cm³/mol. The highest BCUT2D eigenvalue weighted by atomic mass is 32.2. The number of anilines is 2. The molecule has 0 atom stereocenters. The monoisotopic (exact) mass is 459 g/mol. The molecule has 0 radical (unpaired) electrons. The van der Waals surface area contributed by atoms with Gasteiger partial charge in [0.1, 0.15) is 16.5 Å². The van der Waals surface area contributed by atoms with Crippen molar-refractivity contribution in [2.24, 2.45) is 0 Å². The molecule has 0 aliphatic rings. The van der Waals surface area contributed by atoms with Gasteiger partial charge >= 0.3 is 0 Å². The number of rotatable bonds is 5. The van der Waals surface area contributed by atoms with Gasteiger partial charge in [-0.15, -0.1) is 0 Å². The summed E-state index contributed by atoms with van der Waals surface area (Å²) in [5.74, 6) is -2.38. The molecular formula is C21H15F2N3O3S2. The zero-order valence-corrected chi connectivity index (χ0v) is 17.7. The summed E-state index contributed by atoms with van der Waals surface area (Å²) in [6.45, 7) is 1.92. The van der Waals surface area contributed by atoms with E-state index in [1.54, 1.807) is 18.2 Å². The molecule has 2 N–H and O–H groups in total. The summed E-state index contributed by atoms with van der Waals surface area (Å²) in [4.78, 5) is 16.0. The van der Waals surface area contributed by atoms with Crippen LogP contribution in [0.5, 0.6) is 0 Å². The largest absolute Gasteiger partial charge is 0.298 e. The van der Waals surface area contributed by atoms with E-state index in [0.29, 0.717) is 22.3 Å². The Bertz CT molecular complexity index is 1400. The van der Waals surface area contributed by atoms with Crippen LogP contribution in [0.15, 0.2) is 65.6 Å². The van der Waals surface area contributed by atoms with Crippen molar-refractivity contribution in [2.45, 2.75) is 11.8 Å². The van der Waals surface area contributed by atoms with Crippen LogP contribution in [0.2, 0.25) is 0 Å². The highest BCUT2D eigenvalue weighted by molar-refractivity contribution is 7.92. The molecule has 1 amide bonds. The van der Waals surface area contributed by atoms with E-state index in [1.807, 2.05) is 19.1 Å². The first-order valence-corrected chi connectivity index (χ1v) is 11.3. The molecule has 0 aliphatic carbocycles. The molecule has 0 bridgehead atoms. The number of hydrogen-bond acceptors (Lipinski definition) is 5. The van der Waals surface area contributed by atoms with Crippen molar-refractivity contribution in [3.05, 3.63) is 83.4 Å². The van der Waals surface area contributed by atoms with Gasteiger partial charge in [0, 0.05) is 11.6 Å². The number of aromatic nitrogens is 1. The van der Waals surface area contributed by atoms with Crippen LogP contribution in [0.25, 0.3) is 10.2 Å². The Morgan fingerprint density at radius 2 is 1.74 bits per heavy atom. The van der Waals surface area contributed by atoms with Crippen LogP contribution in [0, 0.1) is 18.6 Å². The first-order chi connectivity index (χ1) is 14.7. The fourth-order valence-electron chi connectivity index (χ4n) is 2.82. The van der Waals surface area contributed by atoms with Gasteiger partial charge in [0.15, 0.2) is 5.13 Å². The quantitative estimate of drug-likeness (QED) is 0.443. The summed E-state index contributed by atoms with van der Waals surface area (Å²) in [5, 5.41) is 3.07. The van der Waals surface area contributed by atoms with Crippen molar-refractivity contribution in [1.82, 2.24) is 4.98 Å². The molecule has 3 aromatic carbocycles. The van der Waals surface area contributed by atoms with Crippen LogP contribution >= 0.6 is 11.3 Å². The number of fused-ring (bicyclic) bond motifs is 1. The minimum Gasteiger partial charge on any atom is -0.298 e. The highest BCUT2D eigenvalue weighted by Gasteiger charge is 2.20. The average Bonchev–Trinajstić information content (AvgIpc) is 3.09. The van der Waals surface area contributed by atoms with Crippen LogP contribution in [0.4, 0.5) is 19.6 Å². The molecule has 31 heavy (non-hydrogen) atoms. The molecule has 158 valence electrons. The lowest BCUT2D eigenvalue weighted by Crippen LogP contribution is -2.14. The summed E-state index contributed by atoms with van der Waals surface area (Å²) in [7, 11) is -4.27. The molecule has 0 saturated heterocycles. The van der Waals surface area contributed by atoms with Gasteiger partial charge in [-0.2, -0.15) is 0 Å². The van der Waals surface area contributed by atoms with Crippen LogP contribution in [-0.2, 0) is 10.0 Å². The number of carbonyl (C=O) groups excluding carboxylic acids is 1. The molecule has 0 aliphatic heterocycles. The highest BCUT2D eigenvalue weighted by Crippen LogP contribution is 2.29. The third-order valence-electron chi connectivity index (χ3n) is 4.36. The number of hydrogen-bond donors (Lipinski definition) is 2. The van der Waals surface area contributed by atoms with E-state index in [1.165, 1.54) is 23.5 Å². The minimum atomic E-state index is -4.27. The van der Waals surface area contributed by atoms with Crippen molar-refractivity contribution in [3.63, 3.8) is 0 Å². The maximum atomic E-state index is 13.9. The fourth-order valence-corrected chi connectivity index (χ4v) is 4.77. The maximum absolute atomic E-state index is 13.9. The van der Waals surface area contributed by atoms with Crippen molar-refractivity contribution in [3.8, 4) is 0 Å². The number of nitrogens with zero attached hydrogens (tertiary/aromatic N) is 1. The van der Waals surface area contributed by atoms with E-state index in [-0.39, 0.29) is 11.6 Å². The van der Waals surface area contributed by atoms with Gasteiger partial charge < -0.3 is 0 Å². The second-order valence-corrected chi connectivity index (χ2v) is 9.38. The molecule has 0 fully saturated rings. The Morgan fingerprint density at radius 1 is 1.00 bits per heavy atom. The maximum Gasteiger partial charge on any atom is 0.264 e. The molecule has 6 nitrogen and oxygen atoms in total. The molecule has 0 unspecified atom stereocenters. The lowest BCUT2D eigenvalue weighted by Gasteiger charge is -2.08. The van der Waals surface area contributed by atoms with E-state index in [9.17, 15) is 22.0 Å². The van der Waals surface area contributed by atoms with E-state index < -0.39 is 26.6 Å². The first-order valence-electron chi connectivity index (χ1n) is 8.98. The topological polar surface area (TPSA) is 88.2 Å². The fraction of sp³-hybridized carbons (Fsp3) is 0.0476. The summed E-state index contributed by atoms with van der Waals surface area (Å²) in [6.07, 6.45) is 0. The van der Waals surface area contributed by atoms with Crippen molar-refractivity contribution in [1.29, 1.82) is 0 Å². The van der Waals surface area contributed by atoms with E-state index >= 15 is 0 Å². The third kappa shape index (κ3) is 4.54. The summed E-state index contributed by atoms with van der Waals surface area (Å²) in [5.41, 5.74) is 2.12.